The highest BCUT2D eigenvalue weighted by Crippen LogP contribution is 2.32. The number of alkyl halides is 3. The Kier molecular flexibility index (Phi) is 3.16. The highest BCUT2D eigenvalue weighted by atomic mass is 19.4. The molecule has 1 N–H and O–H groups in total. The van der Waals surface area contributed by atoms with Gasteiger partial charge in [-0.15, -0.1) is 0 Å². The van der Waals surface area contributed by atoms with Crippen LogP contribution in [0.15, 0.2) is 0 Å². The summed E-state index contributed by atoms with van der Waals surface area (Å²) in [5, 5.41) is 4.88. The van der Waals surface area contributed by atoms with Crippen LogP contribution in [0, 0.1) is 0 Å². The smallest absolute Gasteiger partial charge is 0.311 e. The van der Waals surface area contributed by atoms with Crippen molar-refractivity contribution in [2.75, 3.05) is 24.6 Å². The number of rotatable bonds is 1. The van der Waals surface area contributed by atoms with Gasteiger partial charge in [-0.1, -0.05) is 0 Å². The number of piperidine rings is 1. The van der Waals surface area contributed by atoms with Crippen molar-refractivity contribution in [2.24, 2.45) is 0 Å². The zero-order chi connectivity index (χ0) is 13.5. The first-order valence-electron chi connectivity index (χ1n) is 6.71. The molecule has 0 atom stereocenters. The molecule has 3 heterocycles. The molecule has 0 unspecified atom stereocenters. The minimum atomic E-state index is -4.39. The van der Waals surface area contributed by atoms with E-state index in [0.29, 0.717) is 38.3 Å². The van der Waals surface area contributed by atoms with Gasteiger partial charge in [-0.3, -0.25) is 0 Å². The van der Waals surface area contributed by atoms with Crippen LogP contribution in [0.25, 0.3) is 0 Å². The molecule has 1 fully saturated rings. The predicted molar refractivity (Wildman–Crippen MR) is 64.4 cm³/mol. The van der Waals surface area contributed by atoms with Crippen molar-refractivity contribution in [3.8, 4) is 0 Å². The van der Waals surface area contributed by atoms with Crippen molar-refractivity contribution >= 4 is 0 Å². The predicted octanol–water partition coefficient (Wildman–Crippen LogP) is 1.67. The largest absolute Gasteiger partial charge is 0.451 e. The van der Waals surface area contributed by atoms with Crippen LogP contribution in [0.2, 0.25) is 0 Å². The van der Waals surface area contributed by atoms with Crippen LogP contribution < -0.4 is 10.3 Å². The van der Waals surface area contributed by atoms with E-state index < -0.39 is 12.0 Å². The number of nitrogens with zero attached hydrogens (tertiary/aromatic N) is 3. The Labute approximate surface area is 109 Å². The molecule has 0 radical (unpaired) electrons. The zero-order valence-corrected chi connectivity index (χ0v) is 10.6. The molecule has 0 saturated carbocycles. The third-order valence-electron chi connectivity index (χ3n) is 3.73. The summed E-state index contributed by atoms with van der Waals surface area (Å²) in [6, 6.07) is 0. The van der Waals surface area contributed by atoms with E-state index in [9.17, 15) is 13.2 Å². The SMILES string of the molecule is FC(F)(F)c1nc2c(n1N1CCCCC1)CCNC2. The number of imidazole rings is 1. The van der Waals surface area contributed by atoms with Gasteiger partial charge in [0, 0.05) is 32.6 Å². The average molecular weight is 274 g/mol. The lowest BCUT2D eigenvalue weighted by Crippen LogP contribution is -2.43. The van der Waals surface area contributed by atoms with Crippen molar-refractivity contribution in [1.82, 2.24) is 15.0 Å². The van der Waals surface area contributed by atoms with E-state index in [2.05, 4.69) is 10.3 Å². The standard InChI is InChI=1S/C12H17F3N4/c13-12(14,15)11-17-9-8-16-5-4-10(9)19(11)18-6-2-1-3-7-18/h16H,1-8H2. The van der Waals surface area contributed by atoms with Gasteiger partial charge in [0.25, 0.3) is 0 Å². The van der Waals surface area contributed by atoms with Crippen LogP contribution in [0.4, 0.5) is 13.2 Å². The highest BCUT2D eigenvalue weighted by Gasteiger charge is 2.40. The lowest BCUT2D eigenvalue weighted by Gasteiger charge is -2.33. The second-order valence-corrected chi connectivity index (χ2v) is 5.08. The molecule has 4 nitrogen and oxygen atoms in total. The van der Waals surface area contributed by atoms with E-state index in [4.69, 9.17) is 0 Å². The molecule has 106 valence electrons. The fourth-order valence-corrected chi connectivity index (χ4v) is 2.86. The summed E-state index contributed by atoms with van der Waals surface area (Å²) < 4.78 is 40.8. The number of halogens is 3. The van der Waals surface area contributed by atoms with Crippen molar-refractivity contribution in [2.45, 2.75) is 38.4 Å². The Morgan fingerprint density at radius 3 is 2.53 bits per heavy atom. The van der Waals surface area contributed by atoms with Gasteiger partial charge in [-0.05, 0) is 19.3 Å². The molecule has 1 aromatic rings. The maximum absolute atomic E-state index is 13.2. The molecule has 1 saturated heterocycles. The van der Waals surface area contributed by atoms with Crippen LogP contribution in [0.5, 0.6) is 0 Å². The Morgan fingerprint density at radius 2 is 1.84 bits per heavy atom. The topological polar surface area (TPSA) is 33.1 Å². The molecule has 0 aliphatic carbocycles. The molecule has 2 aliphatic rings. The molecule has 19 heavy (non-hydrogen) atoms. The van der Waals surface area contributed by atoms with Gasteiger partial charge in [-0.25, -0.2) is 9.66 Å². The van der Waals surface area contributed by atoms with E-state index >= 15 is 0 Å². The van der Waals surface area contributed by atoms with Crippen molar-refractivity contribution in [3.05, 3.63) is 17.2 Å². The van der Waals surface area contributed by atoms with Crippen molar-refractivity contribution < 1.29 is 13.2 Å². The average Bonchev–Trinajstić information content (AvgIpc) is 2.79. The highest BCUT2D eigenvalue weighted by molar-refractivity contribution is 5.24. The lowest BCUT2D eigenvalue weighted by atomic mass is 10.1. The molecular formula is C12H17F3N4. The molecule has 2 aliphatic heterocycles. The summed E-state index contributed by atoms with van der Waals surface area (Å²) in [7, 11) is 0. The number of fused-ring (bicyclic) bond motifs is 1. The first-order valence-corrected chi connectivity index (χ1v) is 6.71. The molecule has 0 spiro atoms. The third-order valence-corrected chi connectivity index (χ3v) is 3.73. The van der Waals surface area contributed by atoms with Gasteiger partial charge in [0.05, 0.1) is 11.4 Å². The molecule has 0 amide bonds. The van der Waals surface area contributed by atoms with E-state index in [1.165, 1.54) is 4.68 Å². The van der Waals surface area contributed by atoms with Gasteiger partial charge in [-0.2, -0.15) is 13.2 Å². The van der Waals surface area contributed by atoms with E-state index in [0.717, 1.165) is 25.0 Å². The monoisotopic (exact) mass is 274 g/mol. The third kappa shape index (κ3) is 2.31. The second kappa shape index (κ2) is 4.70. The van der Waals surface area contributed by atoms with E-state index in [1.807, 2.05) is 5.01 Å². The fraction of sp³-hybridized carbons (Fsp3) is 0.750. The second-order valence-electron chi connectivity index (χ2n) is 5.08. The Morgan fingerprint density at radius 1 is 1.11 bits per heavy atom. The Balaban J connectivity index is 2.05. The first-order chi connectivity index (χ1) is 9.07. The zero-order valence-electron chi connectivity index (χ0n) is 10.6. The van der Waals surface area contributed by atoms with Crippen LogP contribution in [0.1, 0.15) is 36.5 Å². The lowest BCUT2D eigenvalue weighted by molar-refractivity contribution is -0.147. The van der Waals surface area contributed by atoms with Crippen LogP contribution in [-0.2, 0) is 19.1 Å². The van der Waals surface area contributed by atoms with Gasteiger partial charge in [0.1, 0.15) is 0 Å². The van der Waals surface area contributed by atoms with Crippen LogP contribution in [-0.4, -0.2) is 29.3 Å². The number of hydrogen-bond donors (Lipinski definition) is 1. The maximum atomic E-state index is 13.2. The van der Waals surface area contributed by atoms with Crippen LogP contribution in [0.3, 0.4) is 0 Å². The van der Waals surface area contributed by atoms with Gasteiger partial charge in [0.2, 0.25) is 5.82 Å². The van der Waals surface area contributed by atoms with E-state index in [1.54, 1.807) is 0 Å². The Hall–Kier alpha value is -1.24. The summed E-state index contributed by atoms with van der Waals surface area (Å²) in [5.74, 6) is -0.761. The first kappa shape index (κ1) is 12.8. The summed E-state index contributed by atoms with van der Waals surface area (Å²) in [4.78, 5) is 3.83. The van der Waals surface area contributed by atoms with Crippen molar-refractivity contribution in [1.29, 1.82) is 0 Å². The number of hydrogen-bond acceptors (Lipinski definition) is 3. The van der Waals surface area contributed by atoms with Crippen molar-refractivity contribution in [3.63, 3.8) is 0 Å². The maximum Gasteiger partial charge on any atom is 0.451 e. The molecule has 0 aromatic carbocycles. The Bertz CT molecular complexity index is 460. The summed E-state index contributed by atoms with van der Waals surface area (Å²) >= 11 is 0. The summed E-state index contributed by atoms with van der Waals surface area (Å²) in [5.41, 5.74) is 1.28. The normalized spacial score (nSPS) is 20.5. The van der Waals surface area contributed by atoms with Gasteiger partial charge in [0.15, 0.2) is 0 Å². The molecule has 7 heteroatoms. The van der Waals surface area contributed by atoms with Gasteiger partial charge < -0.3 is 10.3 Å². The minimum absolute atomic E-state index is 0.430. The fourth-order valence-electron chi connectivity index (χ4n) is 2.86. The summed E-state index contributed by atoms with van der Waals surface area (Å²) in [6.45, 7) is 2.50. The number of nitrogens with one attached hydrogen (secondary N) is 1. The molecule has 1 aromatic heterocycles. The molecule has 3 rings (SSSR count). The minimum Gasteiger partial charge on any atom is -0.311 e. The molecular weight excluding hydrogens is 257 g/mol. The van der Waals surface area contributed by atoms with Crippen LogP contribution >= 0.6 is 0 Å². The quantitative estimate of drug-likeness (QED) is 0.845. The molecule has 0 bridgehead atoms. The van der Waals surface area contributed by atoms with Gasteiger partial charge >= 0.3 is 6.18 Å². The van der Waals surface area contributed by atoms with E-state index in [-0.39, 0.29) is 0 Å². The number of aromatic nitrogens is 2. The summed E-state index contributed by atoms with van der Waals surface area (Å²) in [6.07, 6.45) is -0.801.